The largest absolute Gasteiger partial charge is 0.372 e. The molecule has 9 heavy (non-hydrogen) atoms. The van der Waals surface area contributed by atoms with Crippen molar-refractivity contribution in [2.45, 2.75) is 18.9 Å². The number of nitrogens with one attached hydrogen (secondary N) is 1. The summed E-state index contributed by atoms with van der Waals surface area (Å²) in [6, 6.07) is 0. The van der Waals surface area contributed by atoms with Gasteiger partial charge < -0.3 is 10.1 Å². The van der Waals surface area contributed by atoms with Gasteiger partial charge in [-0.05, 0) is 12.3 Å². The van der Waals surface area contributed by atoms with E-state index in [1.165, 1.54) is 6.42 Å². The van der Waals surface area contributed by atoms with Crippen molar-refractivity contribution in [3.63, 3.8) is 0 Å². The second-order valence-corrected chi connectivity index (χ2v) is 3.20. The molecule has 2 aliphatic rings. The molecular weight excluding hydrogens is 114 g/mol. The summed E-state index contributed by atoms with van der Waals surface area (Å²) in [5.41, 5.74) is 0.276. The van der Waals surface area contributed by atoms with Crippen molar-refractivity contribution in [2.24, 2.45) is 5.92 Å². The third-order valence-electron chi connectivity index (χ3n) is 2.48. The Bertz CT molecular complexity index is 123. The average Bonchev–Trinajstić information content (AvgIpc) is 2.44. The van der Waals surface area contributed by atoms with Gasteiger partial charge in [-0.2, -0.15) is 0 Å². The molecule has 0 radical (unpaired) electrons. The van der Waals surface area contributed by atoms with E-state index in [2.05, 4.69) is 12.2 Å². The zero-order valence-corrected chi connectivity index (χ0v) is 5.81. The molecule has 2 rings (SSSR count). The van der Waals surface area contributed by atoms with Crippen molar-refractivity contribution in [3.05, 3.63) is 0 Å². The smallest absolute Gasteiger partial charge is 0.0836 e. The first-order valence-corrected chi connectivity index (χ1v) is 3.68. The zero-order valence-electron chi connectivity index (χ0n) is 5.81. The molecule has 54 valence electrons. The van der Waals surface area contributed by atoms with E-state index in [-0.39, 0.29) is 7.03 Å². The van der Waals surface area contributed by atoms with Crippen LogP contribution >= 0.6 is 0 Å². The Morgan fingerprint density at radius 2 is 2.56 bits per heavy atom. The fourth-order valence-electron chi connectivity index (χ4n) is 1.58. The summed E-state index contributed by atoms with van der Waals surface area (Å²) >= 11 is 0. The highest BCUT2D eigenvalue weighted by atomic mass is 16.5. The average molecular weight is 129 g/mol. The van der Waals surface area contributed by atoms with Crippen molar-refractivity contribution < 1.29 is 6.16 Å². The molecule has 2 nitrogen and oxygen atoms in total. The van der Waals surface area contributed by atoms with Crippen molar-refractivity contribution in [1.29, 1.82) is 0 Å². The van der Waals surface area contributed by atoms with Gasteiger partial charge in [0.15, 0.2) is 0 Å². The van der Waals surface area contributed by atoms with Crippen LogP contribution in [-0.4, -0.2) is 25.3 Å². The van der Waals surface area contributed by atoms with E-state index in [4.69, 9.17) is 4.74 Å². The highest BCUT2D eigenvalue weighted by Gasteiger charge is 2.53. The van der Waals surface area contributed by atoms with Crippen LogP contribution in [0.1, 0.15) is 14.8 Å². The molecule has 1 aliphatic carbocycles. The zero-order chi connectivity index (χ0) is 6.32. The number of hydrogen-bond donors (Lipinski definition) is 1. The SMILES string of the molecule is CC1C[C@]12CNCCO2.[HH]. The molecule has 0 aromatic carbocycles. The summed E-state index contributed by atoms with van der Waals surface area (Å²) in [4.78, 5) is 0. The van der Waals surface area contributed by atoms with Crippen LogP contribution in [0.4, 0.5) is 0 Å². The molecule has 1 spiro atoms. The van der Waals surface area contributed by atoms with Gasteiger partial charge in [0.25, 0.3) is 0 Å². The molecule has 1 unspecified atom stereocenters. The Kier molecular flexibility index (Phi) is 1.08. The number of morpholine rings is 1. The van der Waals surface area contributed by atoms with Crippen molar-refractivity contribution in [2.75, 3.05) is 19.7 Å². The van der Waals surface area contributed by atoms with Gasteiger partial charge in [0, 0.05) is 14.5 Å². The minimum atomic E-state index is 0. The quantitative estimate of drug-likeness (QED) is 0.518. The van der Waals surface area contributed by atoms with Gasteiger partial charge in [-0.15, -0.1) is 0 Å². The van der Waals surface area contributed by atoms with Crippen LogP contribution in [0.15, 0.2) is 0 Å². The minimum absolute atomic E-state index is 0. The molecule has 0 bridgehead atoms. The van der Waals surface area contributed by atoms with E-state index in [0.717, 1.165) is 25.6 Å². The van der Waals surface area contributed by atoms with Crippen LogP contribution in [-0.2, 0) is 4.74 Å². The Morgan fingerprint density at radius 1 is 1.78 bits per heavy atom. The fraction of sp³-hybridized carbons (Fsp3) is 1.00. The predicted molar refractivity (Wildman–Crippen MR) is 37.4 cm³/mol. The summed E-state index contributed by atoms with van der Waals surface area (Å²) in [6.45, 7) is 5.28. The molecular formula is C7H15NO. The number of ether oxygens (including phenoxy) is 1. The minimum Gasteiger partial charge on any atom is -0.372 e. The molecule has 1 aliphatic heterocycles. The molecule has 0 aromatic rings. The van der Waals surface area contributed by atoms with Crippen LogP contribution in [0.25, 0.3) is 0 Å². The Morgan fingerprint density at radius 3 is 2.89 bits per heavy atom. The highest BCUT2D eigenvalue weighted by Crippen LogP contribution is 2.46. The van der Waals surface area contributed by atoms with E-state index in [1.54, 1.807) is 0 Å². The molecule has 1 saturated carbocycles. The number of rotatable bonds is 0. The lowest BCUT2D eigenvalue weighted by atomic mass is 10.2. The van der Waals surface area contributed by atoms with Gasteiger partial charge in [-0.3, -0.25) is 0 Å². The first-order valence-electron chi connectivity index (χ1n) is 3.68. The van der Waals surface area contributed by atoms with Crippen LogP contribution in [0.5, 0.6) is 0 Å². The molecule has 2 atom stereocenters. The third-order valence-corrected chi connectivity index (χ3v) is 2.48. The monoisotopic (exact) mass is 129 g/mol. The first kappa shape index (κ1) is 5.69. The summed E-state index contributed by atoms with van der Waals surface area (Å²) in [6.07, 6.45) is 1.26. The second-order valence-electron chi connectivity index (χ2n) is 3.20. The summed E-state index contributed by atoms with van der Waals surface area (Å²) < 4.78 is 5.63. The lowest BCUT2D eigenvalue weighted by Gasteiger charge is -2.23. The van der Waals surface area contributed by atoms with Crippen molar-refractivity contribution in [3.8, 4) is 0 Å². The summed E-state index contributed by atoms with van der Waals surface area (Å²) in [5.74, 6) is 0.797. The standard InChI is InChI=1S/C7H13NO.H2/c1-6-4-7(6)5-8-2-3-9-7;/h6,8H,2-5H2,1H3;1H/t6?,7-;/m0./s1. The van der Waals surface area contributed by atoms with Crippen LogP contribution in [0.3, 0.4) is 0 Å². The van der Waals surface area contributed by atoms with E-state index in [0.29, 0.717) is 0 Å². The molecule has 0 aromatic heterocycles. The third kappa shape index (κ3) is 0.775. The maximum atomic E-state index is 5.63. The molecule has 1 N–H and O–H groups in total. The van der Waals surface area contributed by atoms with Gasteiger partial charge in [-0.25, -0.2) is 0 Å². The van der Waals surface area contributed by atoms with Gasteiger partial charge >= 0.3 is 0 Å². The predicted octanol–water partition coefficient (Wildman–Crippen LogP) is 0.631. The Balaban J connectivity index is 0.000000500. The van der Waals surface area contributed by atoms with Crippen molar-refractivity contribution in [1.82, 2.24) is 5.32 Å². The topological polar surface area (TPSA) is 21.3 Å². The van der Waals surface area contributed by atoms with Gasteiger partial charge in [-0.1, -0.05) is 6.92 Å². The highest BCUT2D eigenvalue weighted by molar-refractivity contribution is 5.05. The normalized spacial score (nSPS) is 49.7. The van der Waals surface area contributed by atoms with Crippen LogP contribution in [0.2, 0.25) is 0 Å². The van der Waals surface area contributed by atoms with Crippen LogP contribution in [0, 0.1) is 5.92 Å². The maximum absolute atomic E-state index is 5.63. The van der Waals surface area contributed by atoms with E-state index in [1.807, 2.05) is 0 Å². The van der Waals surface area contributed by atoms with E-state index >= 15 is 0 Å². The van der Waals surface area contributed by atoms with E-state index < -0.39 is 0 Å². The van der Waals surface area contributed by atoms with Gasteiger partial charge in [0.1, 0.15) is 0 Å². The lowest BCUT2D eigenvalue weighted by Crippen LogP contribution is -2.41. The lowest BCUT2D eigenvalue weighted by molar-refractivity contribution is -0.00110. The Labute approximate surface area is 57.1 Å². The van der Waals surface area contributed by atoms with Gasteiger partial charge in [0.05, 0.1) is 12.2 Å². The maximum Gasteiger partial charge on any atom is 0.0836 e. The van der Waals surface area contributed by atoms with E-state index in [9.17, 15) is 0 Å². The summed E-state index contributed by atoms with van der Waals surface area (Å²) in [7, 11) is 0. The molecule has 2 heteroatoms. The van der Waals surface area contributed by atoms with Crippen LogP contribution < -0.4 is 5.32 Å². The van der Waals surface area contributed by atoms with Crippen molar-refractivity contribution >= 4 is 0 Å². The molecule has 0 amide bonds. The first-order chi connectivity index (χ1) is 4.33. The fourth-order valence-corrected chi connectivity index (χ4v) is 1.58. The molecule has 1 heterocycles. The Hall–Kier alpha value is -0.0800. The van der Waals surface area contributed by atoms with Gasteiger partial charge in [0.2, 0.25) is 0 Å². The molecule has 2 fully saturated rings. The number of hydrogen-bond acceptors (Lipinski definition) is 2. The second kappa shape index (κ2) is 1.70. The molecule has 1 saturated heterocycles. The summed E-state index contributed by atoms with van der Waals surface area (Å²) in [5, 5.41) is 3.34.